The monoisotopic (exact) mass is 380 g/mol. The first-order chi connectivity index (χ1) is 13.4. The van der Waals surface area contributed by atoms with Crippen LogP contribution in [0.15, 0.2) is 18.3 Å². The first-order valence-electron chi connectivity index (χ1n) is 10.8. The first-order valence-corrected chi connectivity index (χ1v) is 10.8. The first kappa shape index (κ1) is 22.1. The second kappa shape index (κ2) is 9.31. The summed E-state index contributed by atoms with van der Waals surface area (Å²) in [6, 6.07) is 4.69. The summed E-state index contributed by atoms with van der Waals surface area (Å²) >= 11 is 0. The van der Waals surface area contributed by atoms with Gasteiger partial charge < -0.3 is 4.57 Å². The number of fused-ring (bicyclic) bond motifs is 1. The molecule has 3 aromatic heterocycles. The van der Waals surface area contributed by atoms with E-state index in [9.17, 15) is 0 Å². The zero-order valence-electron chi connectivity index (χ0n) is 19.1. The highest BCUT2D eigenvalue weighted by Gasteiger charge is 2.18. The summed E-state index contributed by atoms with van der Waals surface area (Å²) in [4.78, 5) is 15.0. The van der Waals surface area contributed by atoms with Crippen molar-refractivity contribution in [3.8, 4) is 11.3 Å². The van der Waals surface area contributed by atoms with Crippen molar-refractivity contribution in [2.75, 3.05) is 0 Å². The van der Waals surface area contributed by atoms with Crippen LogP contribution in [0.5, 0.6) is 0 Å². The van der Waals surface area contributed by atoms with Gasteiger partial charge in [-0.1, -0.05) is 41.5 Å². The van der Waals surface area contributed by atoms with Gasteiger partial charge in [0.15, 0.2) is 5.65 Å². The molecule has 4 nitrogen and oxygen atoms in total. The van der Waals surface area contributed by atoms with Crippen LogP contribution in [0.2, 0.25) is 0 Å². The molecule has 152 valence electrons. The molecule has 0 radical (unpaired) electrons. The highest BCUT2D eigenvalue weighted by Crippen LogP contribution is 2.30. The van der Waals surface area contributed by atoms with E-state index in [-0.39, 0.29) is 0 Å². The average Bonchev–Trinajstić information content (AvgIpc) is 3.04. The normalized spacial score (nSPS) is 11.2. The number of hydrogen-bond donors (Lipinski definition) is 0. The van der Waals surface area contributed by atoms with Crippen LogP contribution in [-0.4, -0.2) is 19.5 Å². The maximum Gasteiger partial charge on any atom is 0.159 e. The van der Waals surface area contributed by atoms with E-state index >= 15 is 0 Å². The number of aryl methyl sites for hydroxylation is 3. The van der Waals surface area contributed by atoms with Gasteiger partial charge in [0.25, 0.3) is 0 Å². The third-order valence-electron chi connectivity index (χ3n) is 4.97. The fourth-order valence-electron chi connectivity index (χ4n) is 3.42. The molecule has 0 unspecified atom stereocenters. The lowest BCUT2D eigenvalue weighted by molar-refractivity contribution is 0.616. The van der Waals surface area contributed by atoms with Crippen molar-refractivity contribution in [1.29, 1.82) is 0 Å². The topological polar surface area (TPSA) is 43.6 Å². The van der Waals surface area contributed by atoms with Crippen LogP contribution in [0.4, 0.5) is 0 Å². The molecule has 0 atom stereocenters. The van der Waals surface area contributed by atoms with E-state index in [1.165, 1.54) is 5.56 Å². The van der Waals surface area contributed by atoms with E-state index in [4.69, 9.17) is 15.0 Å². The molecule has 0 aliphatic heterocycles. The van der Waals surface area contributed by atoms with Crippen molar-refractivity contribution >= 4 is 11.2 Å². The average molecular weight is 381 g/mol. The maximum absolute atomic E-state index is 5.08. The van der Waals surface area contributed by atoms with Gasteiger partial charge in [0.1, 0.15) is 5.52 Å². The maximum atomic E-state index is 5.08. The molecule has 0 amide bonds. The van der Waals surface area contributed by atoms with E-state index in [0.29, 0.717) is 12.0 Å². The van der Waals surface area contributed by atoms with Gasteiger partial charge in [-0.3, -0.25) is 4.98 Å². The summed E-state index contributed by atoms with van der Waals surface area (Å²) in [5.41, 5.74) is 8.58. The van der Waals surface area contributed by atoms with Crippen LogP contribution < -0.4 is 0 Å². The Bertz CT molecular complexity index is 935. The van der Waals surface area contributed by atoms with Gasteiger partial charge in [0, 0.05) is 29.2 Å². The number of pyridine rings is 1. The Hall–Kier alpha value is -2.23. The lowest BCUT2D eigenvalue weighted by Gasteiger charge is -2.14. The van der Waals surface area contributed by atoms with Crippen LogP contribution in [0.3, 0.4) is 0 Å². The molecule has 0 spiro atoms. The molecule has 0 aliphatic rings. The summed E-state index contributed by atoms with van der Waals surface area (Å²) in [5.74, 6) is 0.427. The third-order valence-corrected chi connectivity index (χ3v) is 4.97. The molecule has 3 heterocycles. The Balaban J connectivity index is 0.00000136. The van der Waals surface area contributed by atoms with Crippen molar-refractivity contribution < 1.29 is 0 Å². The Morgan fingerprint density at radius 2 is 1.54 bits per heavy atom. The summed E-state index contributed by atoms with van der Waals surface area (Å²) < 4.78 is 2.22. The Labute approximate surface area is 170 Å². The zero-order valence-corrected chi connectivity index (χ0v) is 19.1. The molecule has 0 bridgehead atoms. The van der Waals surface area contributed by atoms with Gasteiger partial charge in [-0.15, -0.1) is 0 Å². The predicted octanol–water partition coefficient (Wildman–Crippen LogP) is 6.66. The molecule has 4 heteroatoms. The smallest absolute Gasteiger partial charge is 0.159 e. The second-order valence-electron chi connectivity index (χ2n) is 7.60. The minimum absolute atomic E-state index is 0.370. The van der Waals surface area contributed by atoms with Crippen molar-refractivity contribution in [1.82, 2.24) is 19.5 Å². The van der Waals surface area contributed by atoms with Gasteiger partial charge in [-0.2, -0.15) is 0 Å². The summed E-state index contributed by atoms with van der Waals surface area (Å²) in [5, 5.41) is 0. The number of aromatic nitrogens is 4. The quantitative estimate of drug-likeness (QED) is 0.497. The van der Waals surface area contributed by atoms with E-state index in [2.05, 4.69) is 71.4 Å². The van der Waals surface area contributed by atoms with E-state index in [0.717, 1.165) is 52.3 Å². The van der Waals surface area contributed by atoms with Gasteiger partial charge in [0.05, 0.1) is 11.4 Å². The van der Waals surface area contributed by atoms with Crippen LogP contribution >= 0.6 is 0 Å². The largest absolute Gasteiger partial charge is 0.328 e. The fourth-order valence-corrected chi connectivity index (χ4v) is 3.42. The minimum atomic E-state index is 0.370. The summed E-state index contributed by atoms with van der Waals surface area (Å²) in [7, 11) is 0. The molecule has 3 aromatic rings. The minimum Gasteiger partial charge on any atom is -0.328 e. The highest BCUT2D eigenvalue weighted by atomic mass is 15.1. The molecular formula is C24H36N4. The van der Waals surface area contributed by atoms with Crippen LogP contribution in [0, 0.1) is 6.92 Å². The van der Waals surface area contributed by atoms with Gasteiger partial charge >= 0.3 is 0 Å². The SMILES string of the molecule is CC.CCc1nc(C(C)C)ccc1-c1nc2c(C)cn(C(C)C)c2nc1CC. The molecule has 0 N–H and O–H groups in total. The number of rotatable bonds is 5. The molecular weight excluding hydrogens is 344 g/mol. The molecule has 28 heavy (non-hydrogen) atoms. The van der Waals surface area contributed by atoms with Crippen molar-refractivity contribution in [2.24, 2.45) is 0 Å². The van der Waals surface area contributed by atoms with Gasteiger partial charge in [0.2, 0.25) is 0 Å². The Morgan fingerprint density at radius 1 is 0.893 bits per heavy atom. The molecule has 3 rings (SSSR count). The lowest BCUT2D eigenvalue weighted by atomic mass is 10.0. The van der Waals surface area contributed by atoms with Crippen LogP contribution in [-0.2, 0) is 12.8 Å². The summed E-state index contributed by atoms with van der Waals surface area (Å²) in [6.07, 6.45) is 3.92. The molecule has 0 fully saturated rings. The van der Waals surface area contributed by atoms with E-state index < -0.39 is 0 Å². The van der Waals surface area contributed by atoms with Gasteiger partial charge in [-0.25, -0.2) is 9.97 Å². The third kappa shape index (κ3) is 4.11. The highest BCUT2D eigenvalue weighted by molar-refractivity contribution is 5.80. The molecule has 0 saturated heterocycles. The Morgan fingerprint density at radius 3 is 2.07 bits per heavy atom. The van der Waals surface area contributed by atoms with Crippen LogP contribution in [0.25, 0.3) is 22.4 Å². The standard InChI is InChI=1S/C22H30N4.C2H6/c1-8-17-16(10-11-19(23-17)13(3)4)21-18(9-2)24-22-20(25-21)15(7)12-26(22)14(5)6;1-2/h10-14H,8-9H2,1-7H3;1-2H3. The second-order valence-corrected chi connectivity index (χ2v) is 7.60. The van der Waals surface area contributed by atoms with Crippen molar-refractivity contribution in [3.05, 3.63) is 41.0 Å². The summed E-state index contributed by atoms with van der Waals surface area (Å²) in [6.45, 7) is 19.2. The predicted molar refractivity (Wildman–Crippen MR) is 120 cm³/mol. The van der Waals surface area contributed by atoms with Crippen LogP contribution in [0.1, 0.15) is 90.0 Å². The lowest BCUT2D eigenvalue weighted by Crippen LogP contribution is -2.06. The molecule has 0 saturated carbocycles. The Kier molecular flexibility index (Phi) is 7.34. The van der Waals surface area contributed by atoms with Crippen molar-refractivity contribution in [2.45, 2.75) is 87.1 Å². The van der Waals surface area contributed by atoms with E-state index in [1.54, 1.807) is 0 Å². The van der Waals surface area contributed by atoms with Crippen molar-refractivity contribution in [3.63, 3.8) is 0 Å². The zero-order chi connectivity index (χ0) is 21.0. The van der Waals surface area contributed by atoms with Gasteiger partial charge in [-0.05, 0) is 57.2 Å². The molecule has 0 aliphatic carbocycles. The molecule has 0 aromatic carbocycles. The fraction of sp³-hybridized carbons (Fsp3) is 0.542. The number of nitrogens with zero attached hydrogens (tertiary/aromatic N) is 4. The number of hydrogen-bond acceptors (Lipinski definition) is 3. The van der Waals surface area contributed by atoms with E-state index in [1.807, 2.05) is 13.8 Å².